The van der Waals surface area contributed by atoms with Crippen molar-refractivity contribution in [2.24, 2.45) is 5.92 Å². The SMILES string of the molecule is CC(C)C(=O)OCc1ccc(OCCOCCNC(=O)[C@@H](CS(=O)(=O)O)NC(=O)CCCCCN2C(=O)C=CC2=O)cc1O[C@@H]1O[C@H](C(=O)O)[C@@H](O)[C@H](O)[C@H]1O. The molecule has 1 saturated heterocycles. The van der Waals surface area contributed by atoms with Crippen molar-refractivity contribution in [3.05, 3.63) is 35.9 Å². The highest BCUT2D eigenvalue weighted by Crippen LogP contribution is 2.30. The van der Waals surface area contributed by atoms with E-state index in [1.807, 2.05) is 0 Å². The molecule has 21 nitrogen and oxygen atoms in total. The van der Waals surface area contributed by atoms with Gasteiger partial charge in [0.2, 0.25) is 18.1 Å². The van der Waals surface area contributed by atoms with Crippen molar-refractivity contribution >= 4 is 45.7 Å². The van der Waals surface area contributed by atoms with E-state index in [0.717, 1.165) is 17.1 Å². The number of nitrogens with one attached hydrogen (secondary N) is 2. The number of aliphatic hydroxyl groups excluding tert-OH is 3. The normalized spacial score (nSPS) is 21.5. The zero-order valence-corrected chi connectivity index (χ0v) is 31.4. The van der Waals surface area contributed by atoms with Crippen LogP contribution in [0.2, 0.25) is 0 Å². The van der Waals surface area contributed by atoms with Crippen LogP contribution in [0.25, 0.3) is 0 Å². The Balaban J connectivity index is 1.47. The fourth-order valence-electron chi connectivity index (χ4n) is 5.18. The highest BCUT2D eigenvalue weighted by molar-refractivity contribution is 7.85. The number of carboxylic acids is 1. The Morgan fingerprint density at radius 1 is 0.946 bits per heavy atom. The Morgan fingerprint density at radius 2 is 1.64 bits per heavy atom. The van der Waals surface area contributed by atoms with Crippen LogP contribution in [0, 0.1) is 5.92 Å². The summed E-state index contributed by atoms with van der Waals surface area (Å²) in [6.07, 6.45) is -5.99. The number of esters is 1. The zero-order chi connectivity index (χ0) is 41.6. The molecule has 4 amide bonds. The second-order valence-electron chi connectivity index (χ2n) is 13.0. The van der Waals surface area contributed by atoms with Gasteiger partial charge in [-0.15, -0.1) is 0 Å². The quantitative estimate of drug-likeness (QED) is 0.0273. The summed E-state index contributed by atoms with van der Waals surface area (Å²) in [5, 5.41) is 44.6. The van der Waals surface area contributed by atoms with Crippen LogP contribution in [-0.4, -0.2) is 149 Å². The molecule has 1 aromatic rings. The third-order valence-electron chi connectivity index (χ3n) is 8.19. The van der Waals surface area contributed by atoms with Gasteiger partial charge in [-0.05, 0) is 25.0 Å². The Kier molecular flexibility index (Phi) is 17.6. The van der Waals surface area contributed by atoms with E-state index in [-0.39, 0.29) is 63.0 Å². The first-order valence-corrected chi connectivity index (χ1v) is 19.1. The molecule has 0 spiro atoms. The number of unbranched alkanes of at least 4 members (excludes halogenated alkanes) is 2. The van der Waals surface area contributed by atoms with Gasteiger partial charge in [-0.2, -0.15) is 8.42 Å². The molecule has 0 bridgehead atoms. The lowest BCUT2D eigenvalue weighted by Gasteiger charge is -2.38. The summed E-state index contributed by atoms with van der Waals surface area (Å²) in [5.74, 6) is -5.96. The first-order chi connectivity index (χ1) is 26.4. The average molecular weight is 818 g/mol. The number of amides is 4. The van der Waals surface area contributed by atoms with Crippen LogP contribution < -0.4 is 20.1 Å². The molecule has 0 radical (unpaired) electrons. The van der Waals surface area contributed by atoms with Crippen molar-refractivity contribution in [3.8, 4) is 11.5 Å². The van der Waals surface area contributed by atoms with Gasteiger partial charge in [0.1, 0.15) is 54.8 Å². The lowest BCUT2D eigenvalue weighted by molar-refractivity contribution is -0.271. The molecular formula is C34H47N3O18S. The number of aliphatic carboxylic acids is 1. The topological polar surface area (TPSA) is 311 Å². The average Bonchev–Trinajstić information content (AvgIpc) is 3.45. The van der Waals surface area contributed by atoms with Gasteiger partial charge in [-0.1, -0.05) is 20.3 Å². The molecule has 1 aromatic carbocycles. The molecule has 6 atom stereocenters. The smallest absolute Gasteiger partial charge is 0.335 e. The summed E-state index contributed by atoms with van der Waals surface area (Å²) in [6, 6.07) is 2.67. The summed E-state index contributed by atoms with van der Waals surface area (Å²) in [7, 11) is -4.66. The van der Waals surface area contributed by atoms with Gasteiger partial charge < -0.3 is 54.7 Å². The summed E-state index contributed by atoms with van der Waals surface area (Å²) in [6.45, 7) is 2.83. The van der Waals surface area contributed by atoms with E-state index < -0.39 is 94.1 Å². The van der Waals surface area contributed by atoms with Gasteiger partial charge in [0.05, 0.1) is 19.1 Å². The maximum atomic E-state index is 12.7. The van der Waals surface area contributed by atoms with Gasteiger partial charge in [0.25, 0.3) is 21.9 Å². The van der Waals surface area contributed by atoms with Crippen molar-refractivity contribution in [2.75, 3.05) is 38.7 Å². The van der Waals surface area contributed by atoms with E-state index in [0.29, 0.717) is 19.3 Å². The minimum Gasteiger partial charge on any atom is -0.491 e. The number of carboxylic acid groups (broad SMARTS) is 1. The summed E-state index contributed by atoms with van der Waals surface area (Å²) < 4.78 is 59.6. The fraction of sp³-hybridized carbons (Fsp3) is 0.588. The van der Waals surface area contributed by atoms with Crippen molar-refractivity contribution in [1.29, 1.82) is 0 Å². The minimum atomic E-state index is -4.66. The van der Waals surface area contributed by atoms with Crippen molar-refractivity contribution in [2.45, 2.75) is 82.9 Å². The van der Waals surface area contributed by atoms with E-state index in [4.69, 9.17) is 23.7 Å². The van der Waals surface area contributed by atoms with Crippen LogP contribution >= 0.6 is 0 Å². The zero-order valence-electron chi connectivity index (χ0n) is 30.6. The first-order valence-electron chi connectivity index (χ1n) is 17.5. The number of aliphatic hydroxyl groups is 3. The number of hydrogen-bond donors (Lipinski definition) is 7. The maximum absolute atomic E-state index is 12.7. The predicted octanol–water partition coefficient (Wildman–Crippen LogP) is -1.97. The highest BCUT2D eigenvalue weighted by atomic mass is 32.2. The van der Waals surface area contributed by atoms with Crippen LogP contribution in [0.5, 0.6) is 11.5 Å². The number of imide groups is 1. The van der Waals surface area contributed by atoms with Crippen molar-refractivity contribution in [3.63, 3.8) is 0 Å². The van der Waals surface area contributed by atoms with Gasteiger partial charge in [0, 0.05) is 43.3 Å². The summed E-state index contributed by atoms with van der Waals surface area (Å²) in [5.41, 5.74) is 0.258. The van der Waals surface area contributed by atoms with Gasteiger partial charge in [0.15, 0.2) is 6.10 Å². The predicted molar refractivity (Wildman–Crippen MR) is 188 cm³/mol. The number of hydrogen-bond acceptors (Lipinski definition) is 16. The lowest BCUT2D eigenvalue weighted by Crippen LogP contribution is -2.61. The summed E-state index contributed by atoms with van der Waals surface area (Å²) in [4.78, 5) is 72.9. The van der Waals surface area contributed by atoms with E-state index in [1.54, 1.807) is 13.8 Å². The molecule has 0 aliphatic carbocycles. The van der Waals surface area contributed by atoms with Gasteiger partial charge in [-0.25, -0.2) is 4.79 Å². The second kappa shape index (κ2) is 21.6. The van der Waals surface area contributed by atoms with Crippen LogP contribution in [0.15, 0.2) is 30.4 Å². The molecule has 2 heterocycles. The Bertz CT molecular complexity index is 1680. The number of carbonyl (C=O) groups is 6. The monoisotopic (exact) mass is 817 g/mol. The largest absolute Gasteiger partial charge is 0.491 e. The van der Waals surface area contributed by atoms with Crippen LogP contribution in [0.3, 0.4) is 0 Å². The van der Waals surface area contributed by atoms with E-state index in [1.165, 1.54) is 18.2 Å². The Labute approximate surface area is 321 Å². The van der Waals surface area contributed by atoms with Crippen LogP contribution in [0.4, 0.5) is 0 Å². The van der Waals surface area contributed by atoms with E-state index in [9.17, 15) is 62.2 Å². The number of nitrogens with zero attached hydrogens (tertiary/aromatic N) is 1. The molecule has 0 unspecified atom stereocenters. The third kappa shape index (κ3) is 14.4. The van der Waals surface area contributed by atoms with E-state index in [2.05, 4.69) is 10.6 Å². The number of rotatable bonds is 23. The Hall–Kier alpha value is -4.71. The molecule has 0 aromatic heterocycles. The molecule has 0 saturated carbocycles. The molecule has 2 aliphatic rings. The van der Waals surface area contributed by atoms with Crippen molar-refractivity contribution < 1.29 is 85.8 Å². The molecule has 2 aliphatic heterocycles. The highest BCUT2D eigenvalue weighted by Gasteiger charge is 2.48. The number of benzene rings is 1. The molecule has 22 heteroatoms. The van der Waals surface area contributed by atoms with Gasteiger partial charge >= 0.3 is 11.9 Å². The first kappa shape index (κ1) is 45.7. The Morgan fingerprint density at radius 3 is 2.29 bits per heavy atom. The fourth-order valence-corrected chi connectivity index (χ4v) is 5.83. The van der Waals surface area contributed by atoms with E-state index >= 15 is 0 Å². The summed E-state index contributed by atoms with van der Waals surface area (Å²) >= 11 is 0. The van der Waals surface area contributed by atoms with Crippen LogP contribution in [-0.2, 0) is 59.7 Å². The third-order valence-corrected chi connectivity index (χ3v) is 8.95. The molecular weight excluding hydrogens is 770 g/mol. The van der Waals surface area contributed by atoms with Crippen LogP contribution in [0.1, 0.15) is 45.1 Å². The molecule has 3 rings (SSSR count). The second-order valence-corrected chi connectivity index (χ2v) is 14.5. The molecule has 312 valence electrons. The maximum Gasteiger partial charge on any atom is 0.335 e. The molecule has 1 fully saturated rings. The molecule has 7 N–H and O–H groups in total. The molecule has 56 heavy (non-hydrogen) atoms. The van der Waals surface area contributed by atoms with Gasteiger partial charge in [-0.3, -0.25) is 33.4 Å². The standard InChI is InChI=1S/C34H47N3O18S/c1-19(2)33(47)53-17-20-7-8-21(16-23(20)54-34-29(43)27(41)28(42)30(55-34)32(45)46)52-15-14-51-13-11-35-31(44)22(18-56(48,49)50)36-24(38)6-4-3-5-12-37-25(39)9-10-26(37)40/h7-10,16,19,22,27-30,34,41-43H,3-6,11-15,17-18H2,1-2H3,(H,35,44)(H,36,38)(H,45,46)(H,48,49,50)/t22-,27+,28+,29-,30+,34-/m1/s1. The number of ether oxygens (including phenoxy) is 5. The minimum absolute atomic E-state index is 0.0313. The lowest BCUT2D eigenvalue weighted by atomic mass is 9.99. The van der Waals surface area contributed by atoms with Crippen molar-refractivity contribution in [1.82, 2.24) is 15.5 Å². The number of carbonyl (C=O) groups excluding carboxylic acids is 5.